The van der Waals surface area contributed by atoms with Gasteiger partial charge in [0.2, 0.25) is 0 Å². The molecule has 0 aromatic rings. The molecule has 0 aliphatic rings. The van der Waals surface area contributed by atoms with E-state index in [0.717, 1.165) is 6.42 Å². The van der Waals surface area contributed by atoms with Crippen LogP contribution < -0.4 is 0 Å². The summed E-state index contributed by atoms with van der Waals surface area (Å²) in [6.07, 6.45) is 8.02. The molecule has 0 aliphatic heterocycles. The molecule has 1 N–H and O–H groups in total. The molecule has 0 spiro atoms. The van der Waals surface area contributed by atoms with E-state index in [-0.39, 0.29) is 20.0 Å². The number of rotatable bonds is 7. The minimum Gasteiger partial charge on any atom is -0.378 e. The van der Waals surface area contributed by atoms with E-state index in [0.29, 0.717) is 6.42 Å². The Balaban J connectivity index is 3.66. The fraction of sp³-hybridized carbons (Fsp3) is 0.538. The zero-order valence-corrected chi connectivity index (χ0v) is 9.66. The lowest BCUT2D eigenvalue weighted by atomic mass is 10.0. The van der Waals surface area contributed by atoms with Crippen molar-refractivity contribution in [3.63, 3.8) is 0 Å². The Morgan fingerprint density at radius 1 is 1.44 bits per heavy atom. The van der Waals surface area contributed by atoms with Gasteiger partial charge in [0.15, 0.2) is 0 Å². The minimum absolute atomic E-state index is 0.119. The fourth-order valence-electron chi connectivity index (χ4n) is 0.924. The van der Waals surface area contributed by atoms with Gasteiger partial charge in [-0.1, -0.05) is 23.8 Å². The summed E-state index contributed by atoms with van der Waals surface area (Å²) < 4.78 is 9.89. The molecule has 0 fully saturated rings. The van der Waals surface area contributed by atoms with Crippen LogP contribution in [0.4, 0.5) is 0 Å². The van der Waals surface area contributed by atoms with Crippen LogP contribution in [0, 0.1) is 24.2 Å². The first kappa shape index (κ1) is 14.7. The summed E-state index contributed by atoms with van der Waals surface area (Å²) in [4.78, 5) is 0. The van der Waals surface area contributed by atoms with E-state index < -0.39 is 5.60 Å². The van der Waals surface area contributed by atoms with Crippen LogP contribution >= 0.6 is 0 Å². The van der Waals surface area contributed by atoms with Crippen LogP contribution in [-0.4, -0.2) is 30.7 Å². The normalized spacial score (nSPS) is 13.1. The summed E-state index contributed by atoms with van der Waals surface area (Å²) >= 11 is 0. The van der Waals surface area contributed by atoms with E-state index in [4.69, 9.17) is 15.9 Å². The number of terminal acetylenes is 1. The Labute approximate surface area is 97.4 Å². The molecule has 0 unspecified atom stereocenters. The number of hydrogen-bond acceptors (Lipinski definition) is 3. The maximum Gasteiger partial charge on any atom is 0.149 e. The molecule has 0 saturated carbocycles. The van der Waals surface area contributed by atoms with Crippen LogP contribution in [0.15, 0.2) is 12.7 Å². The molecular weight excluding hydrogens is 204 g/mol. The van der Waals surface area contributed by atoms with Gasteiger partial charge in [-0.15, -0.1) is 13.0 Å². The molecule has 0 amide bonds. The third-order valence-corrected chi connectivity index (χ3v) is 1.72. The lowest BCUT2D eigenvalue weighted by molar-refractivity contribution is -0.0295. The molecule has 0 radical (unpaired) electrons. The third kappa shape index (κ3) is 9.30. The molecular formula is C13H18O3. The Hall–Kier alpha value is -1.26. The van der Waals surface area contributed by atoms with Gasteiger partial charge in [-0.25, -0.2) is 0 Å². The topological polar surface area (TPSA) is 38.7 Å². The molecule has 0 rings (SSSR count). The standard InChI is InChI=1S/C13H18O3/c1-4-6-8-13(3,14)9-7-11-16-12-15-10-5-2/h2,4,14H,1,6,8,10-12H2,3H3/t13-/m1/s1. The lowest BCUT2D eigenvalue weighted by Gasteiger charge is -2.14. The van der Waals surface area contributed by atoms with Gasteiger partial charge < -0.3 is 14.6 Å². The molecule has 3 nitrogen and oxygen atoms in total. The predicted molar refractivity (Wildman–Crippen MR) is 63.4 cm³/mol. The van der Waals surface area contributed by atoms with E-state index in [1.165, 1.54) is 0 Å². The quantitative estimate of drug-likeness (QED) is 0.306. The molecule has 0 saturated heterocycles. The van der Waals surface area contributed by atoms with Crippen LogP contribution in [0.5, 0.6) is 0 Å². The van der Waals surface area contributed by atoms with Crippen molar-refractivity contribution < 1.29 is 14.6 Å². The van der Waals surface area contributed by atoms with E-state index in [1.807, 2.05) is 0 Å². The smallest absolute Gasteiger partial charge is 0.149 e. The molecule has 1 atom stereocenters. The summed E-state index contributed by atoms with van der Waals surface area (Å²) in [5.74, 6) is 7.76. The molecule has 0 heterocycles. The third-order valence-electron chi connectivity index (χ3n) is 1.72. The predicted octanol–water partition coefficient (Wildman–Crippen LogP) is 1.33. The Morgan fingerprint density at radius 2 is 2.12 bits per heavy atom. The van der Waals surface area contributed by atoms with Gasteiger partial charge in [0.1, 0.15) is 25.6 Å². The maximum atomic E-state index is 9.75. The highest BCUT2D eigenvalue weighted by atomic mass is 16.7. The number of aliphatic hydroxyl groups is 1. The molecule has 0 aromatic carbocycles. The second-order valence-electron chi connectivity index (χ2n) is 3.42. The van der Waals surface area contributed by atoms with Crippen molar-refractivity contribution in [1.82, 2.24) is 0 Å². The fourth-order valence-corrected chi connectivity index (χ4v) is 0.924. The Kier molecular flexibility index (Phi) is 8.29. The average Bonchev–Trinajstić information content (AvgIpc) is 2.25. The molecule has 0 aliphatic carbocycles. The summed E-state index contributed by atoms with van der Waals surface area (Å²) in [6, 6.07) is 0. The van der Waals surface area contributed by atoms with Crippen molar-refractivity contribution in [2.75, 3.05) is 20.0 Å². The second kappa shape index (κ2) is 9.00. The second-order valence-corrected chi connectivity index (χ2v) is 3.42. The Morgan fingerprint density at radius 3 is 2.75 bits per heavy atom. The van der Waals surface area contributed by atoms with Crippen molar-refractivity contribution in [3.05, 3.63) is 12.7 Å². The summed E-state index contributed by atoms with van der Waals surface area (Å²) in [7, 11) is 0. The van der Waals surface area contributed by atoms with Gasteiger partial charge in [-0.2, -0.15) is 0 Å². The van der Waals surface area contributed by atoms with Crippen molar-refractivity contribution in [2.24, 2.45) is 0 Å². The Bertz CT molecular complexity index is 289. The first-order valence-corrected chi connectivity index (χ1v) is 5.04. The van der Waals surface area contributed by atoms with E-state index >= 15 is 0 Å². The highest BCUT2D eigenvalue weighted by molar-refractivity contribution is 5.12. The lowest BCUT2D eigenvalue weighted by Crippen LogP contribution is -2.21. The van der Waals surface area contributed by atoms with E-state index in [9.17, 15) is 5.11 Å². The van der Waals surface area contributed by atoms with Gasteiger partial charge in [0, 0.05) is 0 Å². The molecule has 0 bridgehead atoms. The monoisotopic (exact) mass is 222 g/mol. The van der Waals surface area contributed by atoms with Gasteiger partial charge >= 0.3 is 0 Å². The van der Waals surface area contributed by atoms with E-state index in [1.54, 1.807) is 13.0 Å². The van der Waals surface area contributed by atoms with Crippen LogP contribution in [-0.2, 0) is 9.47 Å². The summed E-state index contributed by atoms with van der Waals surface area (Å²) in [5.41, 5.74) is -0.989. The molecule has 16 heavy (non-hydrogen) atoms. The highest BCUT2D eigenvalue weighted by Crippen LogP contribution is 2.10. The van der Waals surface area contributed by atoms with Crippen LogP contribution in [0.25, 0.3) is 0 Å². The maximum absolute atomic E-state index is 9.75. The molecule has 0 aromatic heterocycles. The first-order chi connectivity index (χ1) is 7.62. The zero-order chi connectivity index (χ0) is 12.3. The van der Waals surface area contributed by atoms with Gasteiger partial charge in [-0.3, -0.25) is 0 Å². The van der Waals surface area contributed by atoms with Gasteiger partial charge in [0.05, 0.1) is 0 Å². The van der Waals surface area contributed by atoms with Crippen molar-refractivity contribution in [2.45, 2.75) is 25.4 Å². The van der Waals surface area contributed by atoms with Crippen LogP contribution in [0.3, 0.4) is 0 Å². The van der Waals surface area contributed by atoms with Gasteiger partial charge in [0.25, 0.3) is 0 Å². The van der Waals surface area contributed by atoms with Crippen LogP contribution in [0.1, 0.15) is 19.8 Å². The number of allylic oxidation sites excluding steroid dienone is 1. The van der Waals surface area contributed by atoms with Gasteiger partial charge in [-0.05, 0) is 19.8 Å². The molecule has 3 heteroatoms. The van der Waals surface area contributed by atoms with Crippen LogP contribution in [0.2, 0.25) is 0 Å². The SMILES string of the molecule is C#CCOCOCC#C[C@](C)(O)CCC=C. The number of hydrogen-bond donors (Lipinski definition) is 1. The van der Waals surface area contributed by atoms with Crippen molar-refractivity contribution >= 4 is 0 Å². The van der Waals surface area contributed by atoms with E-state index in [2.05, 4.69) is 24.3 Å². The number of ether oxygens (including phenoxy) is 2. The summed E-state index contributed by atoms with van der Waals surface area (Å²) in [6.45, 7) is 5.81. The first-order valence-electron chi connectivity index (χ1n) is 5.04. The minimum atomic E-state index is -0.989. The van der Waals surface area contributed by atoms with Crippen molar-refractivity contribution in [3.8, 4) is 24.2 Å². The zero-order valence-electron chi connectivity index (χ0n) is 9.66. The van der Waals surface area contributed by atoms with Crippen molar-refractivity contribution in [1.29, 1.82) is 0 Å². The summed E-state index contributed by atoms with van der Waals surface area (Å²) in [5, 5.41) is 9.75. The highest BCUT2D eigenvalue weighted by Gasteiger charge is 2.14. The molecule has 88 valence electrons. The average molecular weight is 222 g/mol. The largest absolute Gasteiger partial charge is 0.378 e.